The lowest BCUT2D eigenvalue weighted by Crippen LogP contribution is -2.25. The van der Waals surface area contributed by atoms with Crippen LogP contribution < -0.4 is 4.83 Å². The first-order valence-electron chi connectivity index (χ1n) is 8.70. The molecule has 7 heteroatoms. The fraction of sp³-hybridized carbons (Fsp3) is 0.0476. The fourth-order valence-corrected chi connectivity index (χ4v) is 3.82. The molecule has 0 saturated carbocycles. The van der Waals surface area contributed by atoms with Crippen molar-refractivity contribution in [3.05, 3.63) is 90.5 Å². The molecule has 0 radical (unpaired) electrons. The maximum Gasteiger partial charge on any atom is 0.275 e. The van der Waals surface area contributed by atoms with E-state index < -0.39 is 10.0 Å². The molecule has 0 aliphatic heterocycles. The lowest BCUT2D eigenvalue weighted by atomic mass is 10.2. The zero-order valence-electron chi connectivity index (χ0n) is 15.1. The highest BCUT2D eigenvalue weighted by atomic mass is 32.2. The van der Waals surface area contributed by atoms with Crippen LogP contribution in [0.3, 0.4) is 0 Å². The van der Waals surface area contributed by atoms with Crippen LogP contribution in [0.1, 0.15) is 5.56 Å². The molecule has 1 heterocycles. The molecule has 0 aliphatic carbocycles. The van der Waals surface area contributed by atoms with Gasteiger partial charge in [0.15, 0.2) is 11.6 Å². The molecule has 0 spiro atoms. The number of aryl methyl sites for hydroxylation is 1. The van der Waals surface area contributed by atoms with Gasteiger partial charge in [-0.2, -0.15) is 8.42 Å². The van der Waals surface area contributed by atoms with Crippen LogP contribution in [-0.2, 0) is 10.0 Å². The second-order valence-corrected chi connectivity index (χ2v) is 7.98. The molecular formula is C21H18N4O2S. The summed E-state index contributed by atoms with van der Waals surface area (Å²) in [5, 5.41) is 8.48. The monoisotopic (exact) mass is 390 g/mol. The standard InChI is InChI=1S/C21H18N4O2S/c1-16-12-14-19(15-13-16)28(26,27)24-25-20(17-8-4-2-5-9-17)22-23-21(25)18-10-6-3-7-11-18/h2-15,24H,1H3. The molecule has 0 unspecified atom stereocenters. The van der Waals surface area contributed by atoms with E-state index in [2.05, 4.69) is 15.0 Å². The maximum atomic E-state index is 13.0. The van der Waals surface area contributed by atoms with Gasteiger partial charge in [0.05, 0.1) is 4.90 Å². The molecule has 0 bridgehead atoms. The zero-order chi connectivity index (χ0) is 19.6. The van der Waals surface area contributed by atoms with Gasteiger partial charge in [0.1, 0.15) is 0 Å². The summed E-state index contributed by atoms with van der Waals surface area (Å²) in [6.07, 6.45) is 0. The molecule has 3 aromatic carbocycles. The molecule has 1 aromatic heterocycles. The molecule has 4 aromatic rings. The Balaban J connectivity index is 1.84. The highest BCUT2D eigenvalue weighted by Gasteiger charge is 2.21. The molecule has 0 fully saturated rings. The van der Waals surface area contributed by atoms with Crippen LogP contribution in [-0.4, -0.2) is 23.3 Å². The summed E-state index contributed by atoms with van der Waals surface area (Å²) in [5.74, 6) is 0.824. The number of aromatic nitrogens is 3. The number of nitrogens with zero attached hydrogens (tertiary/aromatic N) is 3. The molecule has 0 amide bonds. The second kappa shape index (κ2) is 7.28. The molecule has 28 heavy (non-hydrogen) atoms. The quantitative estimate of drug-likeness (QED) is 0.561. The van der Waals surface area contributed by atoms with Crippen molar-refractivity contribution in [2.24, 2.45) is 0 Å². The summed E-state index contributed by atoms with van der Waals surface area (Å²) in [5.41, 5.74) is 2.49. The summed E-state index contributed by atoms with van der Waals surface area (Å²) in [7, 11) is -3.83. The molecule has 0 aliphatic rings. The Morgan fingerprint density at radius 1 is 0.714 bits per heavy atom. The summed E-state index contributed by atoms with van der Waals surface area (Å²) in [4.78, 5) is 2.80. The van der Waals surface area contributed by atoms with Gasteiger partial charge in [-0.05, 0) is 19.1 Å². The Bertz CT molecular complexity index is 1130. The largest absolute Gasteiger partial charge is 0.275 e. The van der Waals surface area contributed by atoms with Crippen LogP contribution >= 0.6 is 0 Å². The predicted molar refractivity (Wildman–Crippen MR) is 109 cm³/mol. The highest BCUT2D eigenvalue weighted by molar-refractivity contribution is 7.92. The van der Waals surface area contributed by atoms with Gasteiger partial charge in [0.2, 0.25) is 0 Å². The third-order valence-corrected chi connectivity index (χ3v) is 5.59. The van der Waals surface area contributed by atoms with E-state index in [1.165, 1.54) is 4.68 Å². The average Bonchev–Trinajstić information content (AvgIpc) is 3.12. The van der Waals surface area contributed by atoms with E-state index in [9.17, 15) is 8.42 Å². The Morgan fingerprint density at radius 2 is 1.18 bits per heavy atom. The minimum atomic E-state index is -3.83. The minimum Gasteiger partial charge on any atom is -0.213 e. The van der Waals surface area contributed by atoms with Crippen LogP contribution in [0.5, 0.6) is 0 Å². The summed E-state index contributed by atoms with van der Waals surface area (Å²) in [6.45, 7) is 1.91. The first-order valence-corrected chi connectivity index (χ1v) is 10.2. The number of rotatable bonds is 5. The Hall–Kier alpha value is -3.45. The van der Waals surface area contributed by atoms with Crippen LogP contribution in [0, 0.1) is 6.92 Å². The van der Waals surface area contributed by atoms with Crippen LogP contribution in [0.4, 0.5) is 0 Å². The van der Waals surface area contributed by atoms with Crippen molar-refractivity contribution in [1.29, 1.82) is 0 Å². The summed E-state index contributed by atoms with van der Waals surface area (Å²) >= 11 is 0. The molecule has 4 rings (SSSR count). The van der Waals surface area contributed by atoms with E-state index in [0.717, 1.165) is 16.7 Å². The lowest BCUT2D eigenvalue weighted by Gasteiger charge is -2.14. The van der Waals surface area contributed by atoms with Gasteiger partial charge in [-0.15, -0.1) is 10.2 Å². The lowest BCUT2D eigenvalue weighted by molar-refractivity contribution is 0.595. The third-order valence-electron chi connectivity index (χ3n) is 4.27. The normalized spacial score (nSPS) is 11.3. The average molecular weight is 390 g/mol. The molecule has 0 saturated heterocycles. The van der Waals surface area contributed by atoms with Crippen molar-refractivity contribution < 1.29 is 8.42 Å². The number of benzene rings is 3. The Morgan fingerprint density at radius 3 is 1.64 bits per heavy atom. The smallest absolute Gasteiger partial charge is 0.213 e. The topological polar surface area (TPSA) is 76.9 Å². The maximum absolute atomic E-state index is 13.0. The van der Waals surface area contributed by atoms with Crippen molar-refractivity contribution in [1.82, 2.24) is 14.9 Å². The number of nitrogens with one attached hydrogen (secondary N) is 1. The van der Waals surface area contributed by atoms with E-state index >= 15 is 0 Å². The van der Waals surface area contributed by atoms with Crippen LogP contribution in [0.25, 0.3) is 22.8 Å². The second-order valence-electron chi connectivity index (χ2n) is 6.32. The van der Waals surface area contributed by atoms with Crippen molar-refractivity contribution in [2.75, 3.05) is 4.83 Å². The van der Waals surface area contributed by atoms with Crippen molar-refractivity contribution >= 4 is 10.0 Å². The van der Waals surface area contributed by atoms with Gasteiger partial charge < -0.3 is 0 Å². The third kappa shape index (κ3) is 3.52. The first-order chi connectivity index (χ1) is 13.5. The van der Waals surface area contributed by atoms with E-state index in [1.807, 2.05) is 67.6 Å². The van der Waals surface area contributed by atoms with Gasteiger partial charge >= 0.3 is 0 Å². The van der Waals surface area contributed by atoms with E-state index in [-0.39, 0.29) is 4.90 Å². The predicted octanol–water partition coefficient (Wildman–Crippen LogP) is 3.85. The molecule has 6 nitrogen and oxygen atoms in total. The van der Waals surface area contributed by atoms with Crippen LogP contribution in [0.2, 0.25) is 0 Å². The number of hydrogen-bond donors (Lipinski definition) is 1. The van der Waals surface area contributed by atoms with Gasteiger partial charge in [-0.3, -0.25) is 0 Å². The summed E-state index contributed by atoms with van der Waals surface area (Å²) in [6, 6.07) is 25.3. The van der Waals surface area contributed by atoms with Crippen molar-refractivity contribution in [3.8, 4) is 22.8 Å². The van der Waals surface area contributed by atoms with Gasteiger partial charge in [0.25, 0.3) is 10.0 Å². The number of sulfonamides is 1. The van der Waals surface area contributed by atoms with Gasteiger partial charge in [-0.25, -0.2) is 9.51 Å². The summed E-state index contributed by atoms with van der Waals surface area (Å²) < 4.78 is 27.4. The Labute approximate surface area is 163 Å². The molecule has 0 atom stereocenters. The minimum absolute atomic E-state index is 0.171. The fourth-order valence-electron chi connectivity index (χ4n) is 2.81. The van der Waals surface area contributed by atoms with Crippen molar-refractivity contribution in [2.45, 2.75) is 11.8 Å². The van der Waals surface area contributed by atoms with Crippen molar-refractivity contribution in [3.63, 3.8) is 0 Å². The number of hydrogen-bond acceptors (Lipinski definition) is 4. The highest BCUT2D eigenvalue weighted by Crippen LogP contribution is 2.24. The van der Waals surface area contributed by atoms with E-state index in [1.54, 1.807) is 24.3 Å². The van der Waals surface area contributed by atoms with Crippen LogP contribution in [0.15, 0.2) is 89.8 Å². The molecule has 140 valence electrons. The molecule has 1 N–H and O–H groups in total. The van der Waals surface area contributed by atoms with Gasteiger partial charge in [-0.1, -0.05) is 78.4 Å². The van der Waals surface area contributed by atoms with E-state index in [0.29, 0.717) is 11.6 Å². The first kappa shape index (κ1) is 17.9. The zero-order valence-corrected chi connectivity index (χ0v) is 16.0. The molecular weight excluding hydrogens is 372 g/mol. The Kier molecular flexibility index (Phi) is 4.67. The van der Waals surface area contributed by atoms with E-state index in [4.69, 9.17) is 0 Å². The van der Waals surface area contributed by atoms with Gasteiger partial charge in [0, 0.05) is 11.1 Å². The SMILES string of the molecule is Cc1ccc(S(=O)(=O)Nn2c(-c3ccccc3)nnc2-c2ccccc2)cc1.